The fourth-order valence-electron chi connectivity index (χ4n) is 2.21. The SMILES string of the molecule is CC(C)(C1=NSc2sc(Cl)cc2N1N)c1ccccc1. The van der Waals surface area contributed by atoms with E-state index in [4.69, 9.17) is 17.4 Å². The van der Waals surface area contributed by atoms with Crippen LogP contribution in [0.25, 0.3) is 0 Å². The highest BCUT2D eigenvalue weighted by Crippen LogP contribution is 2.45. The van der Waals surface area contributed by atoms with Crippen LogP contribution in [0.15, 0.2) is 45.0 Å². The number of hydrogen-bond donors (Lipinski definition) is 1. The van der Waals surface area contributed by atoms with E-state index in [0.717, 1.165) is 20.1 Å². The zero-order valence-corrected chi connectivity index (χ0v) is 13.5. The van der Waals surface area contributed by atoms with Gasteiger partial charge in [0, 0.05) is 17.4 Å². The van der Waals surface area contributed by atoms with E-state index < -0.39 is 0 Å². The Balaban J connectivity index is 2.01. The molecule has 1 aromatic heterocycles. The van der Waals surface area contributed by atoms with Gasteiger partial charge in [0.2, 0.25) is 0 Å². The number of halogens is 1. The van der Waals surface area contributed by atoms with Gasteiger partial charge in [-0.1, -0.05) is 41.9 Å². The molecule has 0 aliphatic carbocycles. The Morgan fingerprint density at radius 2 is 1.95 bits per heavy atom. The van der Waals surface area contributed by atoms with E-state index >= 15 is 0 Å². The molecule has 0 saturated carbocycles. The minimum Gasteiger partial charge on any atom is -0.262 e. The molecule has 1 aliphatic heterocycles. The number of nitrogens with two attached hydrogens (primary N) is 1. The fraction of sp³-hybridized carbons (Fsp3) is 0.214. The molecule has 104 valence electrons. The second kappa shape index (κ2) is 5.07. The fourth-order valence-corrected chi connectivity index (χ4v) is 4.56. The summed E-state index contributed by atoms with van der Waals surface area (Å²) in [4.78, 5) is 0. The maximum atomic E-state index is 6.26. The lowest BCUT2D eigenvalue weighted by molar-refractivity contribution is 0.698. The Bertz CT molecular complexity index is 664. The predicted octanol–water partition coefficient (Wildman–Crippen LogP) is 4.48. The van der Waals surface area contributed by atoms with Crippen LogP contribution in [0.4, 0.5) is 5.69 Å². The number of rotatable bonds is 2. The molecule has 0 saturated heterocycles. The van der Waals surface area contributed by atoms with Crippen molar-refractivity contribution in [3.63, 3.8) is 0 Å². The molecule has 2 N–H and O–H groups in total. The molecule has 0 radical (unpaired) electrons. The summed E-state index contributed by atoms with van der Waals surface area (Å²) in [6, 6.07) is 12.1. The largest absolute Gasteiger partial charge is 0.262 e. The van der Waals surface area contributed by atoms with Crippen molar-refractivity contribution in [2.45, 2.75) is 23.5 Å². The molecule has 0 unspecified atom stereocenters. The van der Waals surface area contributed by atoms with Crippen LogP contribution < -0.4 is 10.9 Å². The highest BCUT2D eigenvalue weighted by molar-refractivity contribution is 8.00. The van der Waals surface area contributed by atoms with Gasteiger partial charge in [-0.25, -0.2) is 5.84 Å². The maximum absolute atomic E-state index is 6.26. The first kappa shape index (κ1) is 13.9. The lowest BCUT2D eigenvalue weighted by Crippen LogP contribution is -2.48. The summed E-state index contributed by atoms with van der Waals surface area (Å²) in [5, 5.41) is 1.65. The second-order valence-electron chi connectivity index (χ2n) is 5.09. The number of amidine groups is 1. The summed E-state index contributed by atoms with van der Waals surface area (Å²) in [6.45, 7) is 4.25. The highest BCUT2D eigenvalue weighted by atomic mass is 35.5. The second-order valence-corrected chi connectivity index (χ2v) is 7.81. The smallest absolute Gasteiger partial charge is 0.142 e. The third-order valence-electron chi connectivity index (χ3n) is 3.41. The van der Waals surface area contributed by atoms with Crippen molar-refractivity contribution in [1.29, 1.82) is 0 Å². The average Bonchev–Trinajstić information content (AvgIpc) is 2.81. The van der Waals surface area contributed by atoms with Crippen LogP contribution in [-0.4, -0.2) is 5.84 Å². The van der Waals surface area contributed by atoms with Gasteiger partial charge in [0.1, 0.15) is 10.0 Å². The third kappa shape index (κ3) is 2.24. The van der Waals surface area contributed by atoms with Crippen LogP contribution in [-0.2, 0) is 5.41 Å². The maximum Gasteiger partial charge on any atom is 0.142 e. The van der Waals surface area contributed by atoms with Crippen molar-refractivity contribution in [1.82, 2.24) is 0 Å². The summed E-state index contributed by atoms with van der Waals surface area (Å²) < 4.78 is 6.36. The minimum atomic E-state index is -0.269. The van der Waals surface area contributed by atoms with Crippen LogP contribution in [0.2, 0.25) is 4.34 Å². The van der Waals surface area contributed by atoms with Gasteiger partial charge in [-0.3, -0.25) is 5.01 Å². The molecule has 2 heterocycles. The summed E-state index contributed by atoms with van der Waals surface area (Å²) in [5.74, 6) is 7.09. The lowest BCUT2D eigenvalue weighted by Gasteiger charge is -2.34. The zero-order valence-electron chi connectivity index (χ0n) is 11.1. The van der Waals surface area contributed by atoms with Gasteiger partial charge in [-0.15, -0.1) is 11.3 Å². The normalized spacial score (nSPS) is 15.0. The monoisotopic (exact) mass is 323 g/mol. The first-order valence-electron chi connectivity index (χ1n) is 6.15. The topological polar surface area (TPSA) is 41.6 Å². The predicted molar refractivity (Wildman–Crippen MR) is 88.8 cm³/mol. The summed E-state index contributed by atoms with van der Waals surface area (Å²) in [5.41, 5.74) is 1.84. The van der Waals surface area contributed by atoms with E-state index in [-0.39, 0.29) is 5.41 Å². The molecular formula is C14H14ClN3S2. The van der Waals surface area contributed by atoms with Crippen molar-refractivity contribution < 1.29 is 0 Å². The van der Waals surface area contributed by atoms with Gasteiger partial charge in [0.25, 0.3) is 0 Å². The molecule has 1 aliphatic rings. The van der Waals surface area contributed by atoms with E-state index in [1.54, 1.807) is 5.01 Å². The first-order chi connectivity index (χ1) is 9.50. The number of hydrazine groups is 1. The minimum absolute atomic E-state index is 0.269. The van der Waals surface area contributed by atoms with E-state index in [0.29, 0.717) is 0 Å². The molecule has 20 heavy (non-hydrogen) atoms. The van der Waals surface area contributed by atoms with Crippen molar-refractivity contribution in [3.8, 4) is 0 Å². The Kier molecular flexibility index (Phi) is 3.54. The van der Waals surface area contributed by atoms with Gasteiger partial charge >= 0.3 is 0 Å². The van der Waals surface area contributed by atoms with Gasteiger partial charge in [0.15, 0.2) is 0 Å². The number of anilines is 1. The standard InChI is InChI=1S/C14H14ClN3S2/c1-14(2,9-6-4-3-5-7-9)13-17-20-12-10(18(13)16)8-11(15)19-12/h3-8H,16H2,1-2H3. The molecule has 0 spiro atoms. The van der Waals surface area contributed by atoms with Crippen molar-refractivity contribution >= 4 is 46.4 Å². The third-order valence-corrected chi connectivity index (χ3v) is 5.57. The number of thiophene rings is 1. The molecule has 2 aromatic rings. The van der Waals surface area contributed by atoms with Crippen LogP contribution in [0, 0.1) is 0 Å². The van der Waals surface area contributed by atoms with Crippen LogP contribution in [0.1, 0.15) is 19.4 Å². The molecule has 1 aromatic carbocycles. The zero-order chi connectivity index (χ0) is 14.3. The van der Waals surface area contributed by atoms with Gasteiger partial charge in [-0.05, 0) is 25.5 Å². The number of hydrogen-bond acceptors (Lipinski definition) is 5. The van der Waals surface area contributed by atoms with E-state index in [2.05, 4.69) is 30.4 Å². The average molecular weight is 324 g/mol. The Morgan fingerprint density at radius 3 is 2.65 bits per heavy atom. The van der Waals surface area contributed by atoms with Crippen LogP contribution >= 0.6 is 34.9 Å². The quantitative estimate of drug-likeness (QED) is 0.654. The number of benzene rings is 1. The Morgan fingerprint density at radius 1 is 1.25 bits per heavy atom. The van der Waals surface area contributed by atoms with E-state index in [1.807, 2.05) is 24.3 Å². The van der Waals surface area contributed by atoms with Crippen molar-refractivity contribution in [2.75, 3.05) is 5.01 Å². The highest BCUT2D eigenvalue weighted by Gasteiger charge is 2.35. The van der Waals surface area contributed by atoms with Crippen LogP contribution in [0.3, 0.4) is 0 Å². The number of nitrogens with zero attached hydrogens (tertiary/aromatic N) is 2. The molecule has 0 amide bonds. The van der Waals surface area contributed by atoms with Gasteiger partial charge < -0.3 is 0 Å². The van der Waals surface area contributed by atoms with Crippen LogP contribution in [0.5, 0.6) is 0 Å². The van der Waals surface area contributed by atoms with Crippen molar-refractivity contribution in [2.24, 2.45) is 10.2 Å². The molecule has 0 bridgehead atoms. The Hall–Kier alpha value is -1.01. The summed E-state index contributed by atoms with van der Waals surface area (Å²) in [7, 11) is 0. The van der Waals surface area contributed by atoms with E-state index in [9.17, 15) is 0 Å². The first-order valence-corrected chi connectivity index (χ1v) is 8.12. The molecular weight excluding hydrogens is 310 g/mol. The molecule has 0 fully saturated rings. The molecule has 3 nitrogen and oxygen atoms in total. The summed E-state index contributed by atoms with van der Waals surface area (Å²) >= 11 is 9.01. The Labute approximate surface area is 131 Å². The summed E-state index contributed by atoms with van der Waals surface area (Å²) in [6.07, 6.45) is 0. The number of fused-ring (bicyclic) bond motifs is 1. The molecule has 6 heteroatoms. The van der Waals surface area contributed by atoms with E-state index in [1.165, 1.54) is 28.8 Å². The molecule has 0 atom stereocenters. The van der Waals surface area contributed by atoms with Gasteiger partial charge in [-0.2, -0.15) is 4.40 Å². The lowest BCUT2D eigenvalue weighted by atomic mass is 9.83. The molecule has 3 rings (SSSR count). The van der Waals surface area contributed by atoms with Gasteiger partial charge in [0.05, 0.1) is 10.0 Å². The van der Waals surface area contributed by atoms with Crippen molar-refractivity contribution in [3.05, 3.63) is 46.3 Å².